The summed E-state index contributed by atoms with van der Waals surface area (Å²) in [6, 6.07) is 7.55. The van der Waals surface area contributed by atoms with Crippen molar-refractivity contribution < 1.29 is 4.79 Å². The number of amides is 1. The van der Waals surface area contributed by atoms with Gasteiger partial charge in [-0.2, -0.15) is 0 Å². The summed E-state index contributed by atoms with van der Waals surface area (Å²) in [5.41, 5.74) is 3.21. The number of hydrogen-bond donors (Lipinski definition) is 1. The molecule has 1 N–H and O–H groups in total. The molecule has 21 heavy (non-hydrogen) atoms. The highest BCUT2D eigenvalue weighted by Crippen LogP contribution is 2.16. The minimum Gasteiger partial charge on any atom is -0.383 e. The fourth-order valence-electron chi connectivity index (χ4n) is 2.12. The normalized spacial score (nSPS) is 10.2. The number of aromatic nitrogens is 2. The molecule has 0 aliphatic heterocycles. The monoisotopic (exact) mass is 284 g/mol. The van der Waals surface area contributed by atoms with Crippen molar-refractivity contribution in [3.05, 3.63) is 53.6 Å². The highest BCUT2D eigenvalue weighted by Gasteiger charge is 2.16. The van der Waals surface area contributed by atoms with Crippen molar-refractivity contribution >= 4 is 11.6 Å². The van der Waals surface area contributed by atoms with Crippen LogP contribution in [0, 0.1) is 6.92 Å². The van der Waals surface area contributed by atoms with Crippen LogP contribution in [0.5, 0.6) is 0 Å². The molecule has 5 heteroatoms. The molecule has 0 fully saturated rings. The first-order valence-corrected chi connectivity index (χ1v) is 6.97. The minimum atomic E-state index is -0.0448. The molecule has 0 bridgehead atoms. The smallest absolute Gasteiger partial charge is 0.256 e. The lowest BCUT2D eigenvalue weighted by Crippen LogP contribution is -2.27. The summed E-state index contributed by atoms with van der Waals surface area (Å²) < 4.78 is 0. The van der Waals surface area contributed by atoms with E-state index in [1.54, 1.807) is 30.4 Å². The molecule has 0 aliphatic rings. The van der Waals surface area contributed by atoms with Crippen molar-refractivity contribution in [2.75, 3.05) is 18.9 Å². The van der Waals surface area contributed by atoms with Crippen LogP contribution in [0.3, 0.4) is 0 Å². The van der Waals surface area contributed by atoms with E-state index in [0.717, 1.165) is 23.6 Å². The van der Waals surface area contributed by atoms with Crippen LogP contribution in [-0.4, -0.2) is 34.4 Å². The number of nitrogens with one attached hydrogen (secondary N) is 1. The number of rotatable bonds is 5. The van der Waals surface area contributed by atoms with Gasteiger partial charge in [-0.05, 0) is 32.0 Å². The number of aryl methyl sites for hydroxylation is 1. The standard InChI is InChI=1S/C16H20N4O/c1-4-18-15-10-17-9-8-14(15)16(21)20(3)11-13-7-5-6-12(2)19-13/h5-10,18H,4,11H2,1-3H3. The van der Waals surface area contributed by atoms with Crippen molar-refractivity contribution in [1.82, 2.24) is 14.9 Å². The maximum absolute atomic E-state index is 12.6. The van der Waals surface area contributed by atoms with Crippen LogP contribution in [0.1, 0.15) is 28.7 Å². The molecular weight excluding hydrogens is 264 g/mol. The Hall–Kier alpha value is -2.43. The van der Waals surface area contributed by atoms with Crippen molar-refractivity contribution in [2.24, 2.45) is 0 Å². The topological polar surface area (TPSA) is 58.1 Å². The largest absolute Gasteiger partial charge is 0.383 e. The van der Waals surface area contributed by atoms with Gasteiger partial charge in [-0.25, -0.2) is 0 Å². The fraction of sp³-hybridized carbons (Fsp3) is 0.312. The molecule has 1 amide bonds. The molecule has 0 radical (unpaired) electrons. The Morgan fingerprint density at radius 3 is 2.86 bits per heavy atom. The Kier molecular flexibility index (Phi) is 4.87. The first kappa shape index (κ1) is 15.0. The van der Waals surface area contributed by atoms with Gasteiger partial charge in [0, 0.05) is 25.5 Å². The summed E-state index contributed by atoms with van der Waals surface area (Å²) in [5.74, 6) is -0.0448. The third-order valence-corrected chi connectivity index (χ3v) is 3.11. The first-order chi connectivity index (χ1) is 10.1. The van der Waals surface area contributed by atoms with E-state index in [0.29, 0.717) is 12.1 Å². The predicted molar refractivity (Wildman–Crippen MR) is 83.2 cm³/mol. The van der Waals surface area contributed by atoms with Crippen LogP contribution in [0.15, 0.2) is 36.7 Å². The highest BCUT2D eigenvalue weighted by atomic mass is 16.2. The number of pyridine rings is 2. The molecular formula is C16H20N4O. The van der Waals surface area contributed by atoms with Gasteiger partial charge in [-0.3, -0.25) is 14.8 Å². The van der Waals surface area contributed by atoms with Gasteiger partial charge in [0.2, 0.25) is 0 Å². The highest BCUT2D eigenvalue weighted by molar-refractivity contribution is 5.99. The molecule has 2 aromatic heterocycles. The van der Waals surface area contributed by atoms with E-state index in [9.17, 15) is 4.79 Å². The lowest BCUT2D eigenvalue weighted by Gasteiger charge is -2.19. The third kappa shape index (κ3) is 3.78. The zero-order chi connectivity index (χ0) is 15.2. The van der Waals surface area contributed by atoms with Gasteiger partial charge >= 0.3 is 0 Å². The first-order valence-electron chi connectivity index (χ1n) is 6.97. The molecule has 0 atom stereocenters. The summed E-state index contributed by atoms with van der Waals surface area (Å²) in [7, 11) is 1.78. The van der Waals surface area contributed by atoms with E-state index in [1.807, 2.05) is 32.0 Å². The second-order valence-corrected chi connectivity index (χ2v) is 4.88. The van der Waals surface area contributed by atoms with Gasteiger partial charge in [0.15, 0.2) is 0 Å². The van der Waals surface area contributed by atoms with E-state index in [-0.39, 0.29) is 5.91 Å². The summed E-state index contributed by atoms with van der Waals surface area (Å²) in [6.07, 6.45) is 3.31. The summed E-state index contributed by atoms with van der Waals surface area (Å²) in [6.45, 7) is 5.16. The molecule has 0 unspecified atom stereocenters. The SMILES string of the molecule is CCNc1cnccc1C(=O)N(C)Cc1cccc(C)n1. The number of anilines is 1. The number of carbonyl (C=O) groups is 1. The van der Waals surface area contributed by atoms with Gasteiger partial charge < -0.3 is 10.2 Å². The summed E-state index contributed by atoms with van der Waals surface area (Å²) in [4.78, 5) is 22.7. The molecule has 5 nitrogen and oxygen atoms in total. The fourth-order valence-corrected chi connectivity index (χ4v) is 2.12. The average Bonchev–Trinajstić information content (AvgIpc) is 2.47. The van der Waals surface area contributed by atoms with Crippen LogP contribution in [0.4, 0.5) is 5.69 Å². The summed E-state index contributed by atoms with van der Waals surface area (Å²) >= 11 is 0. The van der Waals surface area contributed by atoms with Crippen LogP contribution in [0.25, 0.3) is 0 Å². The van der Waals surface area contributed by atoms with Gasteiger partial charge in [0.25, 0.3) is 5.91 Å². The van der Waals surface area contributed by atoms with E-state index in [1.165, 1.54) is 0 Å². The van der Waals surface area contributed by atoms with E-state index < -0.39 is 0 Å². The number of hydrogen-bond acceptors (Lipinski definition) is 4. The molecule has 110 valence electrons. The Morgan fingerprint density at radius 1 is 1.33 bits per heavy atom. The maximum Gasteiger partial charge on any atom is 0.256 e. The molecule has 0 saturated heterocycles. The Balaban J connectivity index is 2.16. The van der Waals surface area contributed by atoms with Crippen molar-refractivity contribution in [2.45, 2.75) is 20.4 Å². The zero-order valence-corrected chi connectivity index (χ0v) is 12.6. The third-order valence-electron chi connectivity index (χ3n) is 3.11. The van der Waals surface area contributed by atoms with E-state index >= 15 is 0 Å². The molecule has 0 spiro atoms. The minimum absolute atomic E-state index is 0.0448. The lowest BCUT2D eigenvalue weighted by atomic mass is 10.2. The second-order valence-electron chi connectivity index (χ2n) is 4.88. The molecule has 0 aliphatic carbocycles. The summed E-state index contributed by atoms with van der Waals surface area (Å²) in [5, 5.41) is 3.16. The average molecular weight is 284 g/mol. The van der Waals surface area contributed by atoms with Crippen molar-refractivity contribution in [1.29, 1.82) is 0 Å². The Morgan fingerprint density at radius 2 is 2.14 bits per heavy atom. The molecule has 2 heterocycles. The van der Waals surface area contributed by atoms with Gasteiger partial charge in [0.05, 0.1) is 29.7 Å². The van der Waals surface area contributed by atoms with Crippen LogP contribution < -0.4 is 5.32 Å². The Bertz CT molecular complexity index is 627. The predicted octanol–water partition coefficient (Wildman–Crippen LogP) is 2.49. The lowest BCUT2D eigenvalue weighted by molar-refractivity contribution is 0.0784. The van der Waals surface area contributed by atoms with E-state index in [4.69, 9.17) is 0 Å². The molecule has 0 saturated carbocycles. The molecule has 0 aromatic carbocycles. The molecule has 2 aromatic rings. The van der Waals surface area contributed by atoms with Crippen LogP contribution in [0.2, 0.25) is 0 Å². The molecule has 2 rings (SSSR count). The number of nitrogens with zero attached hydrogens (tertiary/aromatic N) is 3. The van der Waals surface area contributed by atoms with Gasteiger partial charge in [-0.1, -0.05) is 6.07 Å². The maximum atomic E-state index is 12.6. The van der Waals surface area contributed by atoms with Crippen molar-refractivity contribution in [3.8, 4) is 0 Å². The van der Waals surface area contributed by atoms with Gasteiger partial charge in [-0.15, -0.1) is 0 Å². The van der Waals surface area contributed by atoms with Crippen molar-refractivity contribution in [3.63, 3.8) is 0 Å². The van der Waals surface area contributed by atoms with Gasteiger partial charge in [0.1, 0.15) is 0 Å². The van der Waals surface area contributed by atoms with Crippen LogP contribution >= 0.6 is 0 Å². The number of carbonyl (C=O) groups excluding carboxylic acids is 1. The zero-order valence-electron chi connectivity index (χ0n) is 12.6. The quantitative estimate of drug-likeness (QED) is 0.916. The van der Waals surface area contributed by atoms with E-state index in [2.05, 4.69) is 15.3 Å². The Labute approximate surface area is 125 Å². The second kappa shape index (κ2) is 6.83. The van der Waals surface area contributed by atoms with Crippen LogP contribution in [-0.2, 0) is 6.54 Å².